The zero-order chi connectivity index (χ0) is 22.8. The predicted octanol–water partition coefficient (Wildman–Crippen LogP) is 3.28. The van der Waals surface area contributed by atoms with Crippen molar-refractivity contribution in [1.82, 2.24) is 19.5 Å². The number of hydrogen-bond acceptors (Lipinski definition) is 4. The van der Waals surface area contributed by atoms with Crippen LogP contribution in [0.2, 0.25) is 0 Å². The fraction of sp³-hybridized carbons (Fsp3) is 0.240. The van der Waals surface area contributed by atoms with Gasteiger partial charge in [-0.05, 0) is 55.3 Å². The molecule has 0 atom stereocenters. The molecule has 4 aromatic rings. The van der Waals surface area contributed by atoms with E-state index < -0.39 is 0 Å². The molecule has 2 heterocycles. The number of benzene rings is 2. The van der Waals surface area contributed by atoms with Gasteiger partial charge in [0.2, 0.25) is 0 Å². The topological polar surface area (TPSA) is 71.6 Å². The van der Waals surface area contributed by atoms with E-state index in [1.165, 1.54) is 11.1 Å². The molecule has 0 bridgehead atoms. The van der Waals surface area contributed by atoms with Crippen molar-refractivity contribution in [3.63, 3.8) is 0 Å². The first kappa shape index (κ1) is 21.4. The smallest absolute Gasteiger partial charge is 0.276 e. The average Bonchev–Trinajstić information content (AvgIpc) is 3.22. The molecule has 1 N–H and O–H groups in total. The molecule has 0 unspecified atom stereocenters. The van der Waals surface area contributed by atoms with Crippen LogP contribution >= 0.6 is 0 Å². The van der Waals surface area contributed by atoms with Crippen LogP contribution in [0.4, 0.5) is 5.69 Å². The van der Waals surface area contributed by atoms with Crippen molar-refractivity contribution >= 4 is 17.1 Å². The monoisotopic (exact) mass is 429 g/mol. The maximum absolute atomic E-state index is 12.9. The van der Waals surface area contributed by atoms with Crippen molar-refractivity contribution in [3.05, 3.63) is 88.0 Å². The van der Waals surface area contributed by atoms with Crippen LogP contribution < -0.4 is 15.8 Å². The van der Waals surface area contributed by atoms with Crippen LogP contribution in [-0.2, 0) is 6.54 Å². The lowest BCUT2D eigenvalue weighted by molar-refractivity contribution is 0.0952. The second-order valence-electron chi connectivity index (χ2n) is 8.16. The molecule has 0 aliphatic heterocycles. The number of aromatic nitrogens is 3. The van der Waals surface area contributed by atoms with Gasteiger partial charge >= 0.3 is 0 Å². The Kier molecular flexibility index (Phi) is 5.81. The lowest BCUT2D eigenvalue weighted by atomic mass is 10.0. The molecule has 7 heteroatoms. The minimum absolute atomic E-state index is 0.140. The molecule has 0 fully saturated rings. The Balaban J connectivity index is 1.48. The summed E-state index contributed by atoms with van der Waals surface area (Å²) >= 11 is 0. The van der Waals surface area contributed by atoms with Gasteiger partial charge in [-0.2, -0.15) is 5.10 Å². The molecule has 0 saturated heterocycles. The maximum Gasteiger partial charge on any atom is 0.276 e. The summed E-state index contributed by atoms with van der Waals surface area (Å²) in [6.45, 7) is 4.85. The number of rotatable bonds is 6. The van der Waals surface area contributed by atoms with Crippen LogP contribution in [0.15, 0.2) is 65.7 Å². The minimum atomic E-state index is -0.163. The van der Waals surface area contributed by atoms with Gasteiger partial charge in [0, 0.05) is 56.4 Å². The summed E-state index contributed by atoms with van der Waals surface area (Å²) in [4.78, 5) is 27.4. The number of nitrogens with zero attached hydrogens (tertiary/aromatic N) is 4. The van der Waals surface area contributed by atoms with E-state index in [1.807, 2.05) is 49.3 Å². The summed E-state index contributed by atoms with van der Waals surface area (Å²) in [6, 6.07) is 15.4. The van der Waals surface area contributed by atoms with Crippen molar-refractivity contribution in [2.75, 3.05) is 25.5 Å². The number of aryl methyl sites for hydroxylation is 2. The van der Waals surface area contributed by atoms with Gasteiger partial charge in [-0.1, -0.05) is 18.2 Å². The molecule has 0 aliphatic carbocycles. The Bertz CT molecular complexity index is 1350. The Labute approximate surface area is 186 Å². The van der Waals surface area contributed by atoms with Crippen molar-refractivity contribution in [3.8, 4) is 11.3 Å². The van der Waals surface area contributed by atoms with Crippen LogP contribution in [0.5, 0.6) is 0 Å². The number of fused-ring (bicyclic) bond motifs is 1. The second-order valence-corrected chi connectivity index (χ2v) is 8.16. The molecule has 0 saturated carbocycles. The third kappa shape index (κ3) is 4.27. The zero-order valence-electron chi connectivity index (χ0n) is 18.8. The molecule has 32 heavy (non-hydrogen) atoms. The molecule has 164 valence electrons. The summed E-state index contributed by atoms with van der Waals surface area (Å²) in [7, 11) is 3.86. The Morgan fingerprint density at radius 3 is 2.59 bits per heavy atom. The first-order chi connectivity index (χ1) is 15.3. The summed E-state index contributed by atoms with van der Waals surface area (Å²) in [5.41, 5.74) is 6.06. The first-order valence-electron chi connectivity index (χ1n) is 10.6. The van der Waals surface area contributed by atoms with Gasteiger partial charge in [-0.25, -0.2) is 4.52 Å². The number of amides is 1. The van der Waals surface area contributed by atoms with E-state index in [4.69, 9.17) is 0 Å². The normalized spacial score (nSPS) is 11.0. The van der Waals surface area contributed by atoms with Gasteiger partial charge in [-0.15, -0.1) is 0 Å². The Morgan fingerprint density at radius 1 is 1.03 bits per heavy atom. The predicted molar refractivity (Wildman–Crippen MR) is 127 cm³/mol. The van der Waals surface area contributed by atoms with Crippen molar-refractivity contribution in [2.45, 2.75) is 20.4 Å². The number of hydrogen-bond donors (Lipinski definition) is 1. The van der Waals surface area contributed by atoms with E-state index in [-0.39, 0.29) is 11.5 Å². The Hall–Kier alpha value is -3.87. The van der Waals surface area contributed by atoms with Crippen molar-refractivity contribution < 1.29 is 4.79 Å². The maximum atomic E-state index is 12.9. The second kappa shape index (κ2) is 8.70. The fourth-order valence-corrected chi connectivity index (χ4v) is 3.56. The number of carbonyl (C=O) groups excluding carboxylic acids is 1. The van der Waals surface area contributed by atoms with E-state index in [0.717, 1.165) is 16.9 Å². The van der Waals surface area contributed by atoms with E-state index in [9.17, 15) is 9.59 Å². The van der Waals surface area contributed by atoms with Gasteiger partial charge < -0.3 is 14.8 Å². The highest BCUT2D eigenvalue weighted by Crippen LogP contribution is 2.21. The summed E-state index contributed by atoms with van der Waals surface area (Å²) < 4.78 is 3.20. The number of nitrogens with one attached hydrogen (secondary N) is 1. The van der Waals surface area contributed by atoms with E-state index in [0.29, 0.717) is 24.2 Å². The fourth-order valence-electron chi connectivity index (χ4n) is 3.56. The lowest BCUT2D eigenvalue weighted by Gasteiger charge is -2.13. The summed E-state index contributed by atoms with van der Waals surface area (Å²) in [6.07, 6.45) is 3.47. The number of anilines is 1. The molecule has 4 rings (SSSR count). The third-order valence-corrected chi connectivity index (χ3v) is 5.67. The summed E-state index contributed by atoms with van der Waals surface area (Å²) in [5.74, 6) is -0.163. The van der Waals surface area contributed by atoms with Crippen LogP contribution in [0.25, 0.3) is 16.8 Å². The number of carbonyl (C=O) groups is 1. The van der Waals surface area contributed by atoms with Crippen LogP contribution in [0, 0.1) is 13.8 Å². The van der Waals surface area contributed by atoms with Crippen molar-refractivity contribution in [2.24, 2.45) is 0 Å². The van der Waals surface area contributed by atoms with Gasteiger partial charge in [0.05, 0.1) is 5.69 Å². The largest absolute Gasteiger partial charge is 0.378 e. The standard InChI is InChI=1S/C25H27N5O2/c1-17-8-9-19(14-18(17)2)22-16-23-25(32)29(12-13-30(23)27-22)11-10-26-24(31)20-6-5-7-21(15-20)28(3)4/h5-9,12-16H,10-11H2,1-4H3,(H,26,31). The lowest BCUT2D eigenvalue weighted by Crippen LogP contribution is -2.31. The van der Waals surface area contributed by atoms with Crippen LogP contribution in [0.1, 0.15) is 21.5 Å². The minimum Gasteiger partial charge on any atom is -0.378 e. The quantitative estimate of drug-likeness (QED) is 0.511. The highest BCUT2D eigenvalue weighted by Gasteiger charge is 2.11. The first-order valence-corrected chi connectivity index (χ1v) is 10.6. The van der Waals surface area contributed by atoms with Gasteiger partial charge in [0.15, 0.2) is 0 Å². The molecule has 0 aliphatic rings. The average molecular weight is 430 g/mol. The SMILES string of the molecule is Cc1ccc(-c2cc3c(=O)n(CCNC(=O)c4cccc(N(C)C)c4)ccn3n2)cc1C. The molecular formula is C25H27N5O2. The van der Waals surface area contributed by atoms with Crippen LogP contribution in [-0.4, -0.2) is 40.7 Å². The van der Waals surface area contributed by atoms with E-state index >= 15 is 0 Å². The van der Waals surface area contributed by atoms with Crippen molar-refractivity contribution in [1.29, 1.82) is 0 Å². The molecule has 2 aromatic carbocycles. The van der Waals surface area contributed by atoms with E-state index in [1.54, 1.807) is 27.5 Å². The Morgan fingerprint density at radius 2 is 1.84 bits per heavy atom. The molecule has 2 aromatic heterocycles. The molecule has 0 radical (unpaired) electrons. The molecule has 1 amide bonds. The van der Waals surface area contributed by atoms with Crippen LogP contribution in [0.3, 0.4) is 0 Å². The highest BCUT2D eigenvalue weighted by molar-refractivity contribution is 5.95. The van der Waals surface area contributed by atoms with E-state index in [2.05, 4.69) is 36.4 Å². The zero-order valence-corrected chi connectivity index (χ0v) is 18.8. The van der Waals surface area contributed by atoms with Gasteiger partial charge in [0.1, 0.15) is 5.52 Å². The molecule has 0 spiro atoms. The van der Waals surface area contributed by atoms with Gasteiger partial charge in [-0.3, -0.25) is 9.59 Å². The molecular weight excluding hydrogens is 402 g/mol. The molecule has 7 nitrogen and oxygen atoms in total. The summed E-state index contributed by atoms with van der Waals surface area (Å²) in [5, 5.41) is 7.45. The third-order valence-electron chi connectivity index (χ3n) is 5.67. The van der Waals surface area contributed by atoms with Gasteiger partial charge in [0.25, 0.3) is 11.5 Å². The highest BCUT2D eigenvalue weighted by atomic mass is 16.1.